The predicted octanol–water partition coefficient (Wildman–Crippen LogP) is 7.35. The van der Waals surface area contributed by atoms with Gasteiger partial charge in [-0.05, 0) is 112 Å². The minimum Gasteiger partial charge on any atom is -0.462 e. The molecule has 0 aromatic rings. The largest absolute Gasteiger partial charge is 0.462 e. The van der Waals surface area contributed by atoms with Crippen LogP contribution in [0.2, 0.25) is 0 Å². The van der Waals surface area contributed by atoms with Crippen molar-refractivity contribution in [1.82, 2.24) is 0 Å². The topological polar surface area (TPSA) is 65.0 Å². The average Bonchev–Trinajstić information content (AvgIpc) is 3.19. The number of aliphatic hydroxyl groups is 1. The van der Waals surface area contributed by atoms with E-state index in [0.717, 1.165) is 12.8 Å². The highest BCUT2D eigenvalue weighted by atomic mass is 16.5. The fourth-order valence-corrected chi connectivity index (χ4v) is 11.0. The molecule has 0 radical (unpaired) electrons. The number of fused-ring (bicyclic) bond motifs is 5. The molecule has 4 fully saturated rings. The number of carbonyl (C=O) groups excluding carboxylic acids is 1. The number of methoxy groups -OCH3 is 2. The highest BCUT2D eigenvalue weighted by molar-refractivity contribution is 5.66. The van der Waals surface area contributed by atoms with Crippen LogP contribution < -0.4 is 0 Å². The van der Waals surface area contributed by atoms with E-state index in [1.54, 1.807) is 27.9 Å². The maximum Gasteiger partial charge on any atom is 0.302 e. The van der Waals surface area contributed by atoms with Gasteiger partial charge in [0, 0.05) is 26.6 Å². The standard InChI is InChI=1S/C34H58O5/c1-22(35)39-27-16-18-31(6)25(29(27,2)3)15-20-33(8)26(31)13-12-23-24(14-19-32(23,33)7)34(9,38-11)21-17-28(37-10)30(4,5)36/h17,21,23-28,36H,12-16,18-20H2,1-11H3/b21-17+/t23-,24+,25+,26-,27+,28-,31+,32-,33-,34-/m1/s1. The molecule has 5 heteroatoms. The molecule has 0 saturated heterocycles. The van der Waals surface area contributed by atoms with Gasteiger partial charge < -0.3 is 19.3 Å². The van der Waals surface area contributed by atoms with Gasteiger partial charge in [0.15, 0.2) is 0 Å². The van der Waals surface area contributed by atoms with E-state index in [1.807, 2.05) is 13.2 Å². The zero-order valence-electron chi connectivity index (χ0n) is 26.9. The van der Waals surface area contributed by atoms with Crippen LogP contribution in [0.15, 0.2) is 12.2 Å². The predicted molar refractivity (Wildman–Crippen MR) is 156 cm³/mol. The molecule has 5 nitrogen and oxygen atoms in total. The Kier molecular flexibility index (Phi) is 8.05. The van der Waals surface area contributed by atoms with Crippen molar-refractivity contribution in [2.45, 2.75) is 137 Å². The summed E-state index contributed by atoms with van der Waals surface area (Å²) in [5.74, 6) is 2.14. The van der Waals surface area contributed by atoms with Crippen molar-refractivity contribution in [3.05, 3.63) is 12.2 Å². The van der Waals surface area contributed by atoms with E-state index in [-0.39, 0.29) is 39.8 Å². The van der Waals surface area contributed by atoms with Crippen LogP contribution in [0.4, 0.5) is 0 Å². The van der Waals surface area contributed by atoms with Crippen LogP contribution in [0.3, 0.4) is 0 Å². The normalized spacial score (nSPS) is 44.2. The van der Waals surface area contributed by atoms with Gasteiger partial charge in [0.2, 0.25) is 0 Å². The Balaban J connectivity index is 1.63. The van der Waals surface area contributed by atoms with Crippen LogP contribution in [0.25, 0.3) is 0 Å². The zero-order valence-corrected chi connectivity index (χ0v) is 26.9. The van der Waals surface area contributed by atoms with Gasteiger partial charge in [-0.25, -0.2) is 0 Å². The van der Waals surface area contributed by atoms with Gasteiger partial charge in [-0.3, -0.25) is 4.79 Å². The van der Waals surface area contributed by atoms with Crippen LogP contribution in [-0.4, -0.2) is 48.7 Å². The minimum absolute atomic E-state index is 0.00620. The third-order valence-corrected chi connectivity index (χ3v) is 13.4. The molecule has 4 aliphatic rings. The highest BCUT2D eigenvalue weighted by Gasteiger charge is 2.69. The quantitative estimate of drug-likeness (QED) is 0.267. The van der Waals surface area contributed by atoms with Gasteiger partial charge in [-0.15, -0.1) is 0 Å². The van der Waals surface area contributed by atoms with Crippen molar-refractivity contribution >= 4 is 5.97 Å². The molecule has 0 aromatic carbocycles. The third-order valence-electron chi connectivity index (χ3n) is 13.4. The number of hydrogen-bond donors (Lipinski definition) is 1. The maximum absolute atomic E-state index is 11.9. The van der Waals surface area contributed by atoms with E-state index in [1.165, 1.54) is 38.5 Å². The second-order valence-corrected chi connectivity index (χ2v) is 15.8. The first-order valence-corrected chi connectivity index (χ1v) is 15.6. The Hall–Kier alpha value is -0.910. The first kappa shape index (κ1) is 31.0. The van der Waals surface area contributed by atoms with Crippen molar-refractivity contribution in [3.8, 4) is 0 Å². The Labute approximate surface area is 238 Å². The van der Waals surface area contributed by atoms with E-state index in [2.05, 4.69) is 47.6 Å². The Morgan fingerprint density at radius 2 is 1.54 bits per heavy atom. The lowest BCUT2D eigenvalue weighted by atomic mass is 9.35. The van der Waals surface area contributed by atoms with Crippen LogP contribution in [0, 0.1) is 45.3 Å². The molecule has 4 saturated carbocycles. The molecule has 0 amide bonds. The smallest absolute Gasteiger partial charge is 0.302 e. The molecule has 39 heavy (non-hydrogen) atoms. The van der Waals surface area contributed by atoms with E-state index in [9.17, 15) is 9.90 Å². The SMILES string of the molecule is CO[C@H](/C=C/[C@@](C)(OC)[C@H]1CC[C@]2(C)[C@@H]1CC[C@@H]1[C@@]3(C)CC[C@H](OC(C)=O)C(C)(C)[C@@H]3CC[C@]12C)C(C)(C)O. The van der Waals surface area contributed by atoms with E-state index in [4.69, 9.17) is 14.2 Å². The number of ether oxygens (including phenoxy) is 3. The average molecular weight is 547 g/mol. The summed E-state index contributed by atoms with van der Waals surface area (Å²) in [6.45, 7) is 19.9. The monoisotopic (exact) mass is 546 g/mol. The maximum atomic E-state index is 11.9. The van der Waals surface area contributed by atoms with Crippen LogP contribution in [0.5, 0.6) is 0 Å². The molecule has 0 aromatic heterocycles. The van der Waals surface area contributed by atoms with Gasteiger partial charge in [0.1, 0.15) is 12.2 Å². The van der Waals surface area contributed by atoms with Crippen molar-refractivity contribution in [2.75, 3.05) is 14.2 Å². The highest BCUT2D eigenvalue weighted by Crippen LogP contribution is 2.76. The molecule has 0 heterocycles. The second-order valence-electron chi connectivity index (χ2n) is 15.8. The Morgan fingerprint density at radius 1 is 0.897 bits per heavy atom. The molecular formula is C34H58O5. The lowest BCUT2D eigenvalue weighted by molar-refractivity contribution is -0.229. The van der Waals surface area contributed by atoms with E-state index >= 15 is 0 Å². The number of rotatable bonds is 7. The van der Waals surface area contributed by atoms with E-state index < -0.39 is 11.2 Å². The fourth-order valence-electron chi connectivity index (χ4n) is 11.0. The molecular weight excluding hydrogens is 488 g/mol. The fraction of sp³-hybridized carbons (Fsp3) is 0.912. The van der Waals surface area contributed by atoms with Crippen molar-refractivity contribution in [1.29, 1.82) is 0 Å². The molecule has 0 spiro atoms. The van der Waals surface area contributed by atoms with Crippen molar-refractivity contribution in [3.63, 3.8) is 0 Å². The summed E-state index contributed by atoms with van der Waals surface area (Å²) < 4.78 is 17.8. The summed E-state index contributed by atoms with van der Waals surface area (Å²) in [7, 11) is 3.50. The van der Waals surface area contributed by atoms with Gasteiger partial charge in [-0.1, -0.05) is 46.8 Å². The van der Waals surface area contributed by atoms with Gasteiger partial charge in [-0.2, -0.15) is 0 Å². The lowest BCUT2D eigenvalue weighted by Crippen LogP contribution is -2.64. The zero-order chi connectivity index (χ0) is 29.2. The minimum atomic E-state index is -0.952. The van der Waals surface area contributed by atoms with Crippen LogP contribution in [0.1, 0.15) is 114 Å². The Morgan fingerprint density at radius 3 is 2.10 bits per heavy atom. The van der Waals surface area contributed by atoms with Crippen LogP contribution >= 0.6 is 0 Å². The lowest BCUT2D eigenvalue weighted by Gasteiger charge is -2.70. The van der Waals surface area contributed by atoms with Gasteiger partial charge in [0.25, 0.3) is 0 Å². The molecule has 1 N–H and O–H groups in total. The van der Waals surface area contributed by atoms with Crippen molar-refractivity contribution < 1.29 is 24.1 Å². The molecule has 0 aliphatic heterocycles. The summed E-state index contributed by atoms with van der Waals surface area (Å²) >= 11 is 0. The third kappa shape index (κ3) is 4.75. The number of carbonyl (C=O) groups is 1. The molecule has 4 aliphatic carbocycles. The van der Waals surface area contributed by atoms with Gasteiger partial charge in [0.05, 0.1) is 11.2 Å². The Bertz CT molecular complexity index is 950. The molecule has 4 rings (SSSR count). The van der Waals surface area contributed by atoms with Crippen molar-refractivity contribution in [2.24, 2.45) is 45.3 Å². The first-order valence-electron chi connectivity index (χ1n) is 15.6. The molecule has 0 unspecified atom stereocenters. The second kappa shape index (κ2) is 10.1. The molecule has 224 valence electrons. The number of esters is 1. The molecule has 10 atom stereocenters. The summed E-state index contributed by atoms with van der Waals surface area (Å²) in [5.41, 5.74) is -0.558. The summed E-state index contributed by atoms with van der Waals surface area (Å²) in [5, 5.41) is 10.6. The number of hydrogen-bond acceptors (Lipinski definition) is 5. The molecule has 0 bridgehead atoms. The van der Waals surface area contributed by atoms with E-state index in [0.29, 0.717) is 23.7 Å². The summed E-state index contributed by atoms with van der Waals surface area (Å²) in [6.07, 6.45) is 13.3. The first-order chi connectivity index (χ1) is 17.9. The van der Waals surface area contributed by atoms with Gasteiger partial charge >= 0.3 is 5.97 Å². The summed E-state index contributed by atoms with van der Waals surface area (Å²) in [4.78, 5) is 11.9. The van der Waals surface area contributed by atoms with Crippen LogP contribution in [-0.2, 0) is 19.0 Å². The summed E-state index contributed by atoms with van der Waals surface area (Å²) in [6, 6.07) is 0.